The SMILES string of the molecule is O=C(NCCc1cccs1)C1CCCN(S(=O)(=O)c2ccc(Cl)cc2)C1. The maximum absolute atomic E-state index is 12.8. The fraction of sp³-hybridized carbons (Fsp3) is 0.389. The molecule has 3 rings (SSSR count). The monoisotopic (exact) mass is 412 g/mol. The van der Waals surface area contributed by atoms with E-state index >= 15 is 0 Å². The van der Waals surface area contributed by atoms with Crippen LogP contribution in [0.3, 0.4) is 0 Å². The van der Waals surface area contributed by atoms with Crippen molar-refractivity contribution in [1.29, 1.82) is 0 Å². The summed E-state index contributed by atoms with van der Waals surface area (Å²) in [7, 11) is -3.60. The Hall–Kier alpha value is -1.41. The van der Waals surface area contributed by atoms with Crippen LogP contribution in [0.15, 0.2) is 46.7 Å². The predicted octanol–water partition coefficient (Wildman–Crippen LogP) is 3.16. The molecule has 26 heavy (non-hydrogen) atoms. The Bertz CT molecular complexity index is 836. The van der Waals surface area contributed by atoms with Gasteiger partial charge in [0.15, 0.2) is 0 Å². The van der Waals surface area contributed by atoms with Gasteiger partial charge in [-0.3, -0.25) is 4.79 Å². The number of nitrogens with zero attached hydrogens (tertiary/aromatic N) is 1. The van der Waals surface area contributed by atoms with Gasteiger partial charge in [0.1, 0.15) is 0 Å². The lowest BCUT2D eigenvalue weighted by Crippen LogP contribution is -2.45. The van der Waals surface area contributed by atoms with E-state index < -0.39 is 10.0 Å². The first-order valence-corrected chi connectivity index (χ1v) is 11.2. The van der Waals surface area contributed by atoms with Crippen LogP contribution in [-0.4, -0.2) is 38.3 Å². The second-order valence-corrected chi connectivity index (χ2v) is 9.68. The fourth-order valence-corrected chi connectivity index (χ4v) is 5.40. The standard InChI is InChI=1S/C18H21ClN2O3S2/c19-15-5-7-17(8-6-15)26(23,24)21-11-1-3-14(13-21)18(22)20-10-9-16-4-2-12-25-16/h2,4-8,12,14H,1,3,9-11,13H2,(H,20,22). The Labute approximate surface area is 163 Å². The highest BCUT2D eigenvalue weighted by Crippen LogP contribution is 2.24. The van der Waals surface area contributed by atoms with E-state index in [1.807, 2.05) is 17.5 Å². The van der Waals surface area contributed by atoms with E-state index in [2.05, 4.69) is 5.32 Å². The Morgan fingerprint density at radius 3 is 2.73 bits per heavy atom. The van der Waals surface area contributed by atoms with Gasteiger partial charge in [0, 0.05) is 29.5 Å². The second-order valence-electron chi connectivity index (χ2n) is 6.28. The molecule has 1 atom stereocenters. The number of sulfonamides is 1. The summed E-state index contributed by atoms with van der Waals surface area (Å²) < 4.78 is 27.0. The second kappa shape index (κ2) is 8.52. The summed E-state index contributed by atoms with van der Waals surface area (Å²) in [6.07, 6.45) is 2.18. The van der Waals surface area contributed by atoms with Crippen molar-refractivity contribution in [2.24, 2.45) is 5.92 Å². The lowest BCUT2D eigenvalue weighted by molar-refractivity contribution is -0.126. The molecule has 1 aliphatic rings. The molecule has 8 heteroatoms. The van der Waals surface area contributed by atoms with Gasteiger partial charge in [-0.05, 0) is 55.0 Å². The van der Waals surface area contributed by atoms with Gasteiger partial charge in [0.2, 0.25) is 15.9 Å². The lowest BCUT2D eigenvalue weighted by Gasteiger charge is -2.31. The number of piperidine rings is 1. The topological polar surface area (TPSA) is 66.5 Å². The molecule has 140 valence electrons. The number of rotatable bonds is 6. The van der Waals surface area contributed by atoms with Crippen molar-refractivity contribution < 1.29 is 13.2 Å². The number of benzene rings is 1. The van der Waals surface area contributed by atoms with E-state index in [0.29, 0.717) is 31.0 Å². The fourth-order valence-electron chi connectivity index (χ4n) is 3.04. The number of carbonyl (C=O) groups is 1. The van der Waals surface area contributed by atoms with Crippen LogP contribution in [0.2, 0.25) is 5.02 Å². The third-order valence-corrected chi connectivity index (χ3v) is 7.52. The Kier molecular flexibility index (Phi) is 6.34. The molecular weight excluding hydrogens is 392 g/mol. The van der Waals surface area contributed by atoms with Gasteiger partial charge < -0.3 is 5.32 Å². The van der Waals surface area contributed by atoms with Crippen molar-refractivity contribution in [1.82, 2.24) is 9.62 Å². The first kappa shape index (κ1) is 19.4. The highest BCUT2D eigenvalue weighted by Gasteiger charge is 2.33. The smallest absolute Gasteiger partial charge is 0.243 e. The van der Waals surface area contributed by atoms with Gasteiger partial charge in [0.05, 0.1) is 10.8 Å². The molecule has 1 aliphatic heterocycles. The number of thiophene rings is 1. The summed E-state index contributed by atoms with van der Waals surface area (Å²) in [4.78, 5) is 13.9. The van der Waals surface area contributed by atoms with Crippen LogP contribution < -0.4 is 5.32 Å². The zero-order valence-corrected chi connectivity index (χ0v) is 16.6. The summed E-state index contributed by atoms with van der Waals surface area (Å²) in [6.45, 7) is 1.22. The molecular formula is C18H21ClN2O3S2. The summed E-state index contributed by atoms with van der Waals surface area (Å²) in [5.41, 5.74) is 0. The first-order chi connectivity index (χ1) is 12.5. The van der Waals surface area contributed by atoms with Crippen LogP contribution in [0.5, 0.6) is 0 Å². The van der Waals surface area contributed by atoms with E-state index in [4.69, 9.17) is 11.6 Å². The van der Waals surface area contributed by atoms with Crippen molar-refractivity contribution in [3.8, 4) is 0 Å². The van der Waals surface area contributed by atoms with Crippen LogP contribution in [0, 0.1) is 5.92 Å². The van der Waals surface area contributed by atoms with Crippen LogP contribution in [0.25, 0.3) is 0 Å². The zero-order valence-electron chi connectivity index (χ0n) is 14.2. The van der Waals surface area contributed by atoms with Crippen LogP contribution >= 0.6 is 22.9 Å². The molecule has 1 N–H and O–H groups in total. The first-order valence-electron chi connectivity index (χ1n) is 8.52. The number of nitrogens with one attached hydrogen (secondary N) is 1. The van der Waals surface area contributed by atoms with Crippen molar-refractivity contribution in [2.45, 2.75) is 24.2 Å². The molecule has 0 bridgehead atoms. The van der Waals surface area contributed by atoms with Crippen molar-refractivity contribution in [3.05, 3.63) is 51.7 Å². The molecule has 1 saturated heterocycles. The number of carbonyl (C=O) groups excluding carboxylic acids is 1. The molecule has 1 aromatic carbocycles. The Balaban J connectivity index is 1.59. The molecule has 1 fully saturated rings. The molecule has 1 aromatic heterocycles. The predicted molar refractivity (Wildman–Crippen MR) is 104 cm³/mol. The number of amides is 1. The molecule has 2 aromatic rings. The van der Waals surface area contributed by atoms with Gasteiger partial charge in [-0.1, -0.05) is 17.7 Å². The molecule has 1 amide bonds. The summed E-state index contributed by atoms with van der Waals surface area (Å²) in [5.74, 6) is -0.383. The molecule has 5 nitrogen and oxygen atoms in total. The molecule has 0 aliphatic carbocycles. The van der Waals surface area contributed by atoms with Crippen molar-refractivity contribution in [2.75, 3.05) is 19.6 Å². The highest BCUT2D eigenvalue weighted by molar-refractivity contribution is 7.89. The van der Waals surface area contributed by atoms with E-state index in [1.165, 1.54) is 21.3 Å². The average molecular weight is 413 g/mol. The van der Waals surface area contributed by atoms with Gasteiger partial charge >= 0.3 is 0 Å². The van der Waals surface area contributed by atoms with Crippen molar-refractivity contribution in [3.63, 3.8) is 0 Å². The minimum atomic E-state index is -3.60. The molecule has 0 saturated carbocycles. The van der Waals surface area contributed by atoms with Crippen LogP contribution in [0.4, 0.5) is 0 Å². The number of hydrogen-bond donors (Lipinski definition) is 1. The van der Waals surface area contributed by atoms with Crippen LogP contribution in [0.1, 0.15) is 17.7 Å². The van der Waals surface area contributed by atoms with Crippen molar-refractivity contribution >= 4 is 38.9 Å². The maximum atomic E-state index is 12.8. The maximum Gasteiger partial charge on any atom is 0.243 e. The van der Waals surface area contributed by atoms with E-state index in [-0.39, 0.29) is 23.3 Å². The van der Waals surface area contributed by atoms with Gasteiger partial charge in [-0.25, -0.2) is 8.42 Å². The molecule has 0 radical (unpaired) electrons. The average Bonchev–Trinajstić information content (AvgIpc) is 3.15. The quantitative estimate of drug-likeness (QED) is 0.792. The number of hydrogen-bond acceptors (Lipinski definition) is 4. The zero-order chi connectivity index (χ0) is 18.6. The number of halogens is 1. The molecule has 2 heterocycles. The molecule has 0 spiro atoms. The van der Waals surface area contributed by atoms with Gasteiger partial charge in [-0.2, -0.15) is 4.31 Å². The minimum Gasteiger partial charge on any atom is -0.355 e. The van der Waals surface area contributed by atoms with Gasteiger partial charge in [-0.15, -0.1) is 11.3 Å². The minimum absolute atomic E-state index is 0.0717. The van der Waals surface area contributed by atoms with Crippen LogP contribution in [-0.2, 0) is 21.2 Å². The third-order valence-electron chi connectivity index (χ3n) is 4.46. The lowest BCUT2D eigenvalue weighted by atomic mass is 9.99. The summed E-state index contributed by atoms with van der Waals surface area (Å²) in [5, 5.41) is 5.44. The summed E-state index contributed by atoms with van der Waals surface area (Å²) in [6, 6.07) is 10.2. The Morgan fingerprint density at radius 2 is 2.04 bits per heavy atom. The highest BCUT2D eigenvalue weighted by atomic mass is 35.5. The van der Waals surface area contributed by atoms with E-state index in [1.54, 1.807) is 23.5 Å². The third kappa shape index (κ3) is 4.65. The summed E-state index contributed by atoms with van der Waals surface area (Å²) >= 11 is 7.50. The van der Waals surface area contributed by atoms with Gasteiger partial charge in [0.25, 0.3) is 0 Å². The largest absolute Gasteiger partial charge is 0.355 e. The van der Waals surface area contributed by atoms with E-state index in [9.17, 15) is 13.2 Å². The molecule has 1 unspecified atom stereocenters. The Morgan fingerprint density at radius 1 is 1.27 bits per heavy atom. The van der Waals surface area contributed by atoms with E-state index in [0.717, 1.165) is 6.42 Å². The normalized spacial score (nSPS) is 18.6.